The maximum atomic E-state index is 2.33. The lowest BCUT2D eigenvalue weighted by Gasteiger charge is -2.21. The Morgan fingerprint density at radius 2 is 1.71 bits per heavy atom. The van der Waals surface area contributed by atoms with E-state index in [0.29, 0.717) is 5.92 Å². The zero-order chi connectivity index (χ0) is 14.7. The summed E-state index contributed by atoms with van der Waals surface area (Å²) in [5.74, 6) is 1.64. The smallest absolute Gasteiger partial charge is 0.0235 e. The SMILES string of the molecule is CN(C)CCC[C@@H]1c2ccccc2CSc2ccccc21. The van der Waals surface area contributed by atoms with E-state index in [9.17, 15) is 0 Å². The first-order valence-corrected chi connectivity index (χ1v) is 8.68. The molecule has 1 aliphatic rings. The molecule has 0 saturated carbocycles. The third-order valence-electron chi connectivity index (χ3n) is 4.21. The van der Waals surface area contributed by atoms with Crippen LogP contribution in [0.4, 0.5) is 0 Å². The monoisotopic (exact) mass is 297 g/mol. The van der Waals surface area contributed by atoms with Crippen molar-refractivity contribution in [1.82, 2.24) is 4.90 Å². The van der Waals surface area contributed by atoms with Crippen LogP contribution in [0.15, 0.2) is 53.4 Å². The van der Waals surface area contributed by atoms with Gasteiger partial charge < -0.3 is 4.90 Å². The molecular weight excluding hydrogens is 274 g/mol. The minimum Gasteiger partial charge on any atom is -0.309 e. The van der Waals surface area contributed by atoms with Gasteiger partial charge in [0.1, 0.15) is 0 Å². The van der Waals surface area contributed by atoms with Gasteiger partial charge in [0.25, 0.3) is 0 Å². The molecular formula is C19H23NS. The lowest BCUT2D eigenvalue weighted by molar-refractivity contribution is 0.389. The Balaban J connectivity index is 1.95. The molecule has 2 heteroatoms. The molecule has 2 aromatic carbocycles. The second-order valence-electron chi connectivity index (χ2n) is 6.02. The van der Waals surface area contributed by atoms with Gasteiger partial charge in [0.2, 0.25) is 0 Å². The van der Waals surface area contributed by atoms with Crippen molar-refractivity contribution in [2.45, 2.75) is 29.4 Å². The molecule has 0 spiro atoms. The first kappa shape index (κ1) is 14.7. The van der Waals surface area contributed by atoms with E-state index in [-0.39, 0.29) is 0 Å². The minimum absolute atomic E-state index is 0.548. The number of benzene rings is 2. The van der Waals surface area contributed by atoms with E-state index in [4.69, 9.17) is 0 Å². The summed E-state index contributed by atoms with van der Waals surface area (Å²) in [6.07, 6.45) is 2.47. The third kappa shape index (κ3) is 3.33. The molecule has 0 radical (unpaired) electrons. The summed E-state index contributed by atoms with van der Waals surface area (Å²) in [5, 5.41) is 0. The molecule has 1 nitrogen and oxygen atoms in total. The number of thioether (sulfide) groups is 1. The van der Waals surface area contributed by atoms with Crippen molar-refractivity contribution in [2.24, 2.45) is 0 Å². The molecule has 110 valence electrons. The zero-order valence-electron chi connectivity index (χ0n) is 12.9. The molecule has 2 aromatic rings. The predicted molar refractivity (Wildman–Crippen MR) is 92.1 cm³/mol. The number of nitrogens with zero attached hydrogens (tertiary/aromatic N) is 1. The van der Waals surface area contributed by atoms with Crippen LogP contribution in [0.25, 0.3) is 0 Å². The van der Waals surface area contributed by atoms with E-state index >= 15 is 0 Å². The molecule has 0 amide bonds. The lowest BCUT2D eigenvalue weighted by atomic mass is 9.85. The first-order valence-electron chi connectivity index (χ1n) is 7.70. The summed E-state index contributed by atoms with van der Waals surface area (Å²) >= 11 is 1.99. The molecule has 1 heterocycles. The highest BCUT2D eigenvalue weighted by molar-refractivity contribution is 7.98. The van der Waals surface area contributed by atoms with Crippen LogP contribution in [0.5, 0.6) is 0 Å². The first-order chi connectivity index (χ1) is 10.3. The zero-order valence-corrected chi connectivity index (χ0v) is 13.7. The molecule has 1 atom stereocenters. The fourth-order valence-corrected chi connectivity index (χ4v) is 4.28. The van der Waals surface area contributed by atoms with Gasteiger partial charge >= 0.3 is 0 Å². The van der Waals surface area contributed by atoms with Gasteiger partial charge in [-0.1, -0.05) is 42.5 Å². The Morgan fingerprint density at radius 1 is 1.00 bits per heavy atom. The minimum atomic E-state index is 0.548. The van der Waals surface area contributed by atoms with Gasteiger partial charge in [-0.15, -0.1) is 11.8 Å². The average Bonchev–Trinajstić information content (AvgIpc) is 2.65. The van der Waals surface area contributed by atoms with Gasteiger partial charge in [-0.05, 0) is 56.2 Å². The molecule has 0 fully saturated rings. The average molecular weight is 297 g/mol. The quantitative estimate of drug-likeness (QED) is 0.800. The van der Waals surface area contributed by atoms with Crippen molar-refractivity contribution >= 4 is 11.8 Å². The summed E-state index contributed by atoms with van der Waals surface area (Å²) in [4.78, 5) is 3.74. The Labute approximate surface area is 132 Å². The van der Waals surface area contributed by atoms with E-state index in [2.05, 4.69) is 67.5 Å². The van der Waals surface area contributed by atoms with E-state index in [1.807, 2.05) is 11.8 Å². The highest BCUT2D eigenvalue weighted by atomic mass is 32.2. The van der Waals surface area contributed by atoms with Crippen molar-refractivity contribution in [3.05, 3.63) is 65.2 Å². The molecule has 0 aromatic heterocycles. The molecule has 0 saturated heterocycles. The molecule has 0 unspecified atom stereocenters. The summed E-state index contributed by atoms with van der Waals surface area (Å²) < 4.78 is 0. The van der Waals surface area contributed by atoms with Crippen molar-refractivity contribution in [1.29, 1.82) is 0 Å². The standard InChI is InChI=1S/C19H23NS/c1-20(2)13-7-11-17-16-9-4-3-8-15(16)14-21-19-12-6-5-10-18(17)19/h3-6,8-10,12,17H,7,11,13-14H2,1-2H3/t17-/m1/s1. The third-order valence-corrected chi connectivity index (χ3v) is 5.34. The van der Waals surface area contributed by atoms with Gasteiger partial charge in [-0.2, -0.15) is 0 Å². The van der Waals surface area contributed by atoms with Crippen molar-refractivity contribution in [2.75, 3.05) is 20.6 Å². The van der Waals surface area contributed by atoms with Gasteiger partial charge in [-0.3, -0.25) is 0 Å². The molecule has 3 rings (SSSR count). The van der Waals surface area contributed by atoms with E-state index in [1.54, 1.807) is 0 Å². The second-order valence-corrected chi connectivity index (χ2v) is 7.04. The normalized spacial score (nSPS) is 17.2. The number of fused-ring (bicyclic) bond motifs is 2. The molecule has 21 heavy (non-hydrogen) atoms. The summed E-state index contributed by atoms with van der Waals surface area (Å²) in [7, 11) is 4.32. The molecule has 0 aliphatic carbocycles. The van der Waals surface area contributed by atoms with Crippen LogP contribution in [0.3, 0.4) is 0 Å². The lowest BCUT2D eigenvalue weighted by Crippen LogP contribution is -2.14. The highest BCUT2D eigenvalue weighted by Gasteiger charge is 2.23. The van der Waals surface area contributed by atoms with E-state index < -0.39 is 0 Å². The van der Waals surface area contributed by atoms with Crippen LogP contribution in [0.1, 0.15) is 35.4 Å². The van der Waals surface area contributed by atoms with Crippen molar-refractivity contribution < 1.29 is 0 Å². The van der Waals surface area contributed by atoms with Gasteiger partial charge in [0, 0.05) is 16.6 Å². The fraction of sp³-hybridized carbons (Fsp3) is 0.368. The predicted octanol–water partition coefficient (Wildman–Crippen LogP) is 4.77. The Bertz CT molecular complexity index is 559. The van der Waals surface area contributed by atoms with Crippen LogP contribution < -0.4 is 0 Å². The summed E-state index contributed by atoms with van der Waals surface area (Å²) in [6, 6.07) is 18.0. The Kier molecular flexibility index (Phi) is 4.67. The van der Waals surface area contributed by atoms with Crippen LogP contribution in [-0.4, -0.2) is 25.5 Å². The van der Waals surface area contributed by atoms with Gasteiger partial charge in [0.15, 0.2) is 0 Å². The largest absolute Gasteiger partial charge is 0.309 e. The van der Waals surface area contributed by atoms with Crippen LogP contribution >= 0.6 is 11.8 Å². The van der Waals surface area contributed by atoms with Crippen molar-refractivity contribution in [3.63, 3.8) is 0 Å². The van der Waals surface area contributed by atoms with E-state index in [1.165, 1.54) is 34.4 Å². The Morgan fingerprint density at radius 3 is 2.52 bits per heavy atom. The highest BCUT2D eigenvalue weighted by Crippen LogP contribution is 2.42. The van der Waals surface area contributed by atoms with E-state index in [0.717, 1.165) is 12.3 Å². The summed E-state index contributed by atoms with van der Waals surface area (Å²) in [5.41, 5.74) is 4.56. The summed E-state index contributed by atoms with van der Waals surface area (Å²) in [6.45, 7) is 1.16. The molecule has 1 aliphatic heterocycles. The van der Waals surface area contributed by atoms with Gasteiger partial charge in [0.05, 0.1) is 0 Å². The van der Waals surface area contributed by atoms with Crippen LogP contribution in [-0.2, 0) is 5.75 Å². The number of hydrogen-bond donors (Lipinski definition) is 0. The maximum Gasteiger partial charge on any atom is 0.0235 e. The second kappa shape index (κ2) is 6.67. The van der Waals surface area contributed by atoms with Crippen LogP contribution in [0, 0.1) is 0 Å². The number of hydrogen-bond acceptors (Lipinski definition) is 2. The molecule has 0 bridgehead atoms. The van der Waals surface area contributed by atoms with Crippen LogP contribution in [0.2, 0.25) is 0 Å². The topological polar surface area (TPSA) is 3.24 Å². The number of rotatable bonds is 4. The van der Waals surface area contributed by atoms with Gasteiger partial charge in [-0.25, -0.2) is 0 Å². The van der Waals surface area contributed by atoms with Crippen molar-refractivity contribution in [3.8, 4) is 0 Å². The fourth-order valence-electron chi connectivity index (χ4n) is 3.15. The molecule has 0 N–H and O–H groups in total. The Hall–Kier alpha value is -1.25. The maximum absolute atomic E-state index is 2.33.